The highest BCUT2D eigenvalue weighted by molar-refractivity contribution is 7.92. The molecule has 2 N–H and O–H groups in total. The van der Waals surface area contributed by atoms with Gasteiger partial charge in [-0.3, -0.25) is 4.79 Å². The lowest BCUT2D eigenvalue weighted by molar-refractivity contribution is 0.102. The molecule has 1 aliphatic carbocycles. The SMILES string of the molecule is O=C(Nc1ccnc(Cl)c1)c1ccc(Cl)c(S(=O)(=O)[C@H]2CC[C@H](O)CC2)c1. The summed E-state index contributed by atoms with van der Waals surface area (Å²) >= 11 is 11.9. The molecule has 1 heterocycles. The topological polar surface area (TPSA) is 96.4 Å². The Labute approximate surface area is 167 Å². The Morgan fingerprint density at radius 3 is 2.48 bits per heavy atom. The van der Waals surface area contributed by atoms with Crippen LogP contribution in [0.15, 0.2) is 41.4 Å². The highest BCUT2D eigenvalue weighted by Gasteiger charge is 2.33. The van der Waals surface area contributed by atoms with Crippen LogP contribution < -0.4 is 5.32 Å². The van der Waals surface area contributed by atoms with Crippen molar-refractivity contribution in [2.75, 3.05) is 5.32 Å². The second kappa shape index (κ2) is 8.14. The molecular formula is C18H18Cl2N2O4S. The Morgan fingerprint density at radius 2 is 1.81 bits per heavy atom. The van der Waals surface area contributed by atoms with Gasteiger partial charge in [-0.2, -0.15) is 0 Å². The molecule has 2 aromatic rings. The average molecular weight is 429 g/mol. The predicted octanol–water partition coefficient (Wildman–Crippen LogP) is 3.72. The molecule has 1 saturated carbocycles. The smallest absolute Gasteiger partial charge is 0.255 e. The highest BCUT2D eigenvalue weighted by atomic mass is 35.5. The summed E-state index contributed by atoms with van der Waals surface area (Å²) in [7, 11) is -3.71. The lowest BCUT2D eigenvalue weighted by Crippen LogP contribution is -2.29. The van der Waals surface area contributed by atoms with Gasteiger partial charge < -0.3 is 10.4 Å². The molecule has 0 aliphatic heterocycles. The number of anilines is 1. The van der Waals surface area contributed by atoms with Crippen LogP contribution in [0.2, 0.25) is 10.2 Å². The number of carbonyl (C=O) groups excluding carboxylic acids is 1. The number of sulfone groups is 1. The molecule has 3 rings (SSSR count). The summed E-state index contributed by atoms with van der Waals surface area (Å²) in [4.78, 5) is 16.3. The van der Waals surface area contributed by atoms with Gasteiger partial charge >= 0.3 is 0 Å². The number of amides is 1. The zero-order valence-electron chi connectivity index (χ0n) is 14.2. The Hall–Kier alpha value is -1.67. The molecule has 27 heavy (non-hydrogen) atoms. The number of hydrogen-bond donors (Lipinski definition) is 2. The van der Waals surface area contributed by atoms with E-state index in [1.165, 1.54) is 30.5 Å². The number of aliphatic hydroxyl groups is 1. The van der Waals surface area contributed by atoms with Gasteiger partial charge in [-0.05, 0) is 56.0 Å². The first-order valence-corrected chi connectivity index (χ1v) is 10.7. The average Bonchev–Trinajstić information content (AvgIpc) is 2.62. The van der Waals surface area contributed by atoms with Gasteiger partial charge in [0.2, 0.25) is 0 Å². The molecule has 6 nitrogen and oxygen atoms in total. The maximum atomic E-state index is 13.0. The summed E-state index contributed by atoms with van der Waals surface area (Å²) in [6, 6.07) is 7.22. The predicted molar refractivity (Wildman–Crippen MR) is 104 cm³/mol. The van der Waals surface area contributed by atoms with Crippen LogP contribution in [0, 0.1) is 0 Å². The number of carbonyl (C=O) groups is 1. The lowest BCUT2D eigenvalue weighted by Gasteiger charge is -2.25. The van der Waals surface area contributed by atoms with Crippen molar-refractivity contribution < 1.29 is 18.3 Å². The standard InChI is InChI=1S/C18H18Cl2N2O4S/c19-15-6-1-11(18(24)22-12-7-8-21-17(20)10-12)9-16(15)27(25,26)14-4-2-13(23)3-5-14/h1,6-10,13-14,23H,2-5H2,(H,21,22,24)/t13-,14-. The molecule has 1 aromatic carbocycles. The largest absolute Gasteiger partial charge is 0.393 e. The van der Waals surface area contributed by atoms with Crippen LogP contribution in [-0.4, -0.2) is 35.8 Å². The van der Waals surface area contributed by atoms with E-state index in [0.29, 0.717) is 31.4 Å². The van der Waals surface area contributed by atoms with Crippen molar-refractivity contribution in [3.8, 4) is 0 Å². The van der Waals surface area contributed by atoms with Gasteiger partial charge in [0.1, 0.15) is 5.15 Å². The third-order valence-corrected chi connectivity index (χ3v) is 7.52. The Kier molecular flexibility index (Phi) is 6.05. The van der Waals surface area contributed by atoms with Crippen LogP contribution in [-0.2, 0) is 9.84 Å². The first kappa shape index (κ1) is 20.1. The quantitative estimate of drug-likeness (QED) is 0.723. The fourth-order valence-corrected chi connectivity index (χ4v) is 5.58. The molecule has 1 fully saturated rings. The molecule has 0 saturated heterocycles. The molecule has 0 spiro atoms. The second-order valence-corrected chi connectivity index (χ2v) is 9.43. The molecule has 0 bridgehead atoms. The van der Waals surface area contributed by atoms with E-state index >= 15 is 0 Å². The number of rotatable bonds is 4. The second-order valence-electron chi connectivity index (χ2n) is 6.44. The van der Waals surface area contributed by atoms with Crippen LogP contribution in [0.4, 0.5) is 5.69 Å². The van der Waals surface area contributed by atoms with Gasteiger partial charge in [-0.25, -0.2) is 13.4 Å². The molecule has 144 valence electrons. The minimum absolute atomic E-state index is 0.0639. The molecular weight excluding hydrogens is 411 g/mol. The fraction of sp³-hybridized carbons (Fsp3) is 0.333. The zero-order valence-corrected chi connectivity index (χ0v) is 16.6. The van der Waals surface area contributed by atoms with Crippen molar-refractivity contribution in [2.45, 2.75) is 41.9 Å². The van der Waals surface area contributed by atoms with E-state index in [0.717, 1.165) is 0 Å². The number of nitrogens with one attached hydrogen (secondary N) is 1. The van der Waals surface area contributed by atoms with Crippen molar-refractivity contribution in [2.24, 2.45) is 0 Å². The van der Waals surface area contributed by atoms with Crippen molar-refractivity contribution in [3.63, 3.8) is 0 Å². The Morgan fingerprint density at radius 1 is 1.11 bits per heavy atom. The van der Waals surface area contributed by atoms with Crippen LogP contribution in [0.5, 0.6) is 0 Å². The van der Waals surface area contributed by atoms with E-state index in [1.807, 2.05) is 0 Å². The number of benzene rings is 1. The highest BCUT2D eigenvalue weighted by Crippen LogP contribution is 2.33. The van der Waals surface area contributed by atoms with Crippen molar-refractivity contribution in [3.05, 3.63) is 52.3 Å². The van der Waals surface area contributed by atoms with E-state index in [-0.39, 0.29) is 20.6 Å². The normalized spacial score (nSPS) is 20.3. The summed E-state index contributed by atoms with van der Waals surface area (Å²) in [5.41, 5.74) is 0.613. The summed E-state index contributed by atoms with van der Waals surface area (Å²) in [5, 5.41) is 11.9. The van der Waals surface area contributed by atoms with E-state index < -0.39 is 27.1 Å². The summed E-state index contributed by atoms with van der Waals surface area (Å²) < 4.78 is 25.9. The van der Waals surface area contributed by atoms with Crippen LogP contribution in [0.1, 0.15) is 36.0 Å². The zero-order chi connectivity index (χ0) is 19.6. The molecule has 0 atom stereocenters. The van der Waals surface area contributed by atoms with Gasteiger partial charge in [-0.1, -0.05) is 23.2 Å². The number of halogens is 2. The maximum absolute atomic E-state index is 13.0. The molecule has 9 heteroatoms. The van der Waals surface area contributed by atoms with Crippen molar-refractivity contribution in [1.82, 2.24) is 4.98 Å². The van der Waals surface area contributed by atoms with Gasteiger partial charge in [-0.15, -0.1) is 0 Å². The fourth-order valence-electron chi connectivity index (χ4n) is 3.08. The van der Waals surface area contributed by atoms with E-state index in [1.54, 1.807) is 6.07 Å². The number of hydrogen-bond acceptors (Lipinski definition) is 5. The maximum Gasteiger partial charge on any atom is 0.255 e. The van der Waals surface area contributed by atoms with Crippen molar-refractivity contribution >= 4 is 44.6 Å². The first-order valence-electron chi connectivity index (χ1n) is 8.42. The molecule has 0 unspecified atom stereocenters. The van der Waals surface area contributed by atoms with Crippen molar-refractivity contribution in [1.29, 1.82) is 0 Å². The molecule has 0 radical (unpaired) electrons. The van der Waals surface area contributed by atoms with E-state index in [4.69, 9.17) is 23.2 Å². The third-order valence-electron chi connectivity index (χ3n) is 4.57. The van der Waals surface area contributed by atoms with E-state index in [2.05, 4.69) is 10.3 Å². The summed E-state index contributed by atoms with van der Waals surface area (Å²) in [5.74, 6) is -0.482. The minimum atomic E-state index is -3.71. The van der Waals surface area contributed by atoms with E-state index in [9.17, 15) is 18.3 Å². The Bertz CT molecular complexity index is 958. The monoisotopic (exact) mass is 428 g/mol. The number of nitrogens with zero attached hydrogens (tertiary/aromatic N) is 1. The number of aliphatic hydroxyl groups excluding tert-OH is 1. The number of pyridine rings is 1. The number of aromatic nitrogens is 1. The van der Waals surface area contributed by atoms with Crippen LogP contribution in [0.25, 0.3) is 0 Å². The molecule has 1 aromatic heterocycles. The summed E-state index contributed by atoms with van der Waals surface area (Å²) in [6.07, 6.45) is 2.59. The lowest BCUT2D eigenvalue weighted by atomic mass is 9.97. The summed E-state index contributed by atoms with van der Waals surface area (Å²) in [6.45, 7) is 0. The van der Waals surface area contributed by atoms with Gasteiger partial charge in [0.15, 0.2) is 9.84 Å². The molecule has 1 amide bonds. The Balaban J connectivity index is 1.86. The first-order chi connectivity index (χ1) is 12.8. The molecule has 1 aliphatic rings. The van der Waals surface area contributed by atoms with Crippen LogP contribution >= 0.6 is 23.2 Å². The van der Waals surface area contributed by atoms with Gasteiger partial charge in [0.25, 0.3) is 5.91 Å². The van der Waals surface area contributed by atoms with Gasteiger partial charge in [0.05, 0.1) is 21.3 Å². The minimum Gasteiger partial charge on any atom is -0.393 e. The van der Waals surface area contributed by atoms with Crippen LogP contribution in [0.3, 0.4) is 0 Å². The third kappa shape index (κ3) is 4.60. The van der Waals surface area contributed by atoms with Gasteiger partial charge in [0, 0.05) is 17.4 Å².